The number of para-hydroxylation sites is 1. The molecule has 1 aromatic rings. The zero-order valence-corrected chi connectivity index (χ0v) is 16.7. The van der Waals surface area contributed by atoms with Gasteiger partial charge >= 0.3 is 5.97 Å². The van der Waals surface area contributed by atoms with Gasteiger partial charge in [0.25, 0.3) is 5.91 Å². The van der Waals surface area contributed by atoms with Crippen LogP contribution in [0.25, 0.3) is 0 Å². The van der Waals surface area contributed by atoms with Crippen LogP contribution in [0.2, 0.25) is 0 Å². The molecule has 4 aliphatic rings. The molecule has 0 saturated carbocycles. The third-order valence-electron chi connectivity index (χ3n) is 6.79. The fourth-order valence-electron chi connectivity index (χ4n) is 5.15. The first kappa shape index (κ1) is 18.7. The molecule has 0 N–H and O–H groups in total. The van der Waals surface area contributed by atoms with E-state index in [9.17, 15) is 9.59 Å². The minimum atomic E-state index is -0.420. The highest BCUT2D eigenvalue weighted by atomic mass is 16.6. The van der Waals surface area contributed by atoms with Crippen molar-refractivity contribution in [3.63, 3.8) is 0 Å². The number of amides is 1. The summed E-state index contributed by atoms with van der Waals surface area (Å²) in [5, 5.41) is 0. The number of likely N-dealkylation sites (tertiary alicyclic amines) is 2. The number of ether oxygens (including phenoxy) is 3. The van der Waals surface area contributed by atoms with Crippen molar-refractivity contribution in [3.8, 4) is 11.5 Å². The van der Waals surface area contributed by atoms with Crippen molar-refractivity contribution >= 4 is 11.9 Å². The van der Waals surface area contributed by atoms with Crippen molar-refractivity contribution < 1.29 is 23.8 Å². The molecule has 4 heterocycles. The normalized spacial score (nSPS) is 26.0. The van der Waals surface area contributed by atoms with Gasteiger partial charge in [0.15, 0.2) is 11.5 Å². The molecule has 0 aliphatic carbocycles. The van der Waals surface area contributed by atoms with E-state index in [0.29, 0.717) is 56.2 Å². The summed E-state index contributed by atoms with van der Waals surface area (Å²) in [6.45, 7) is 5.14. The number of benzene rings is 1. The molecular weight excluding hydrogens is 372 g/mol. The van der Waals surface area contributed by atoms with E-state index in [-0.39, 0.29) is 18.0 Å². The number of piperidine rings is 1. The van der Waals surface area contributed by atoms with E-state index in [2.05, 4.69) is 4.90 Å². The predicted octanol–water partition coefficient (Wildman–Crippen LogP) is 2.09. The summed E-state index contributed by atoms with van der Waals surface area (Å²) in [4.78, 5) is 30.0. The Balaban J connectivity index is 1.23. The summed E-state index contributed by atoms with van der Waals surface area (Å²) in [6.07, 6.45) is 4.58. The Kier molecular flexibility index (Phi) is 4.86. The second-order valence-electron chi connectivity index (χ2n) is 8.64. The summed E-state index contributed by atoms with van der Waals surface area (Å²) in [5.41, 5.74) is 0.121. The van der Waals surface area contributed by atoms with E-state index in [0.717, 1.165) is 26.1 Å². The first-order valence-electron chi connectivity index (χ1n) is 10.8. The van der Waals surface area contributed by atoms with Gasteiger partial charge in [0.05, 0.1) is 11.0 Å². The van der Waals surface area contributed by atoms with E-state index in [1.807, 2.05) is 17.0 Å². The Bertz CT molecular complexity index is 796. The Labute approximate surface area is 170 Å². The van der Waals surface area contributed by atoms with Crippen molar-refractivity contribution in [1.82, 2.24) is 9.80 Å². The third kappa shape index (κ3) is 3.45. The van der Waals surface area contributed by atoms with E-state index in [4.69, 9.17) is 14.2 Å². The van der Waals surface area contributed by atoms with Gasteiger partial charge in [0.2, 0.25) is 0 Å². The molecule has 5 rings (SSSR count). The van der Waals surface area contributed by atoms with Crippen LogP contribution in [-0.4, -0.2) is 73.7 Å². The van der Waals surface area contributed by atoms with Gasteiger partial charge in [0, 0.05) is 26.1 Å². The molecule has 7 nitrogen and oxygen atoms in total. The molecule has 29 heavy (non-hydrogen) atoms. The monoisotopic (exact) mass is 400 g/mol. The SMILES string of the molecule is O=C(c1cccc2c1OCCO2)N1CCC2(CC1)CC(CN1CCCC1)OC2=O. The third-order valence-corrected chi connectivity index (χ3v) is 6.79. The lowest BCUT2D eigenvalue weighted by atomic mass is 9.76. The van der Waals surface area contributed by atoms with E-state index in [1.165, 1.54) is 12.8 Å². The summed E-state index contributed by atoms with van der Waals surface area (Å²) < 4.78 is 17.1. The highest BCUT2D eigenvalue weighted by Gasteiger charge is 2.51. The Morgan fingerprint density at radius 1 is 1.07 bits per heavy atom. The van der Waals surface area contributed by atoms with Crippen LogP contribution >= 0.6 is 0 Å². The van der Waals surface area contributed by atoms with Gasteiger partial charge in [-0.3, -0.25) is 14.5 Å². The van der Waals surface area contributed by atoms with Gasteiger partial charge in [-0.1, -0.05) is 6.07 Å². The van der Waals surface area contributed by atoms with Crippen molar-refractivity contribution in [2.24, 2.45) is 5.41 Å². The zero-order chi connectivity index (χ0) is 19.8. The quantitative estimate of drug-likeness (QED) is 0.724. The van der Waals surface area contributed by atoms with Crippen molar-refractivity contribution in [2.75, 3.05) is 45.9 Å². The fourth-order valence-corrected chi connectivity index (χ4v) is 5.15. The number of hydrogen-bond donors (Lipinski definition) is 0. The molecule has 1 atom stereocenters. The van der Waals surface area contributed by atoms with E-state index in [1.54, 1.807) is 6.07 Å². The molecule has 1 amide bonds. The van der Waals surface area contributed by atoms with Gasteiger partial charge in [-0.25, -0.2) is 0 Å². The van der Waals surface area contributed by atoms with Crippen LogP contribution in [-0.2, 0) is 9.53 Å². The summed E-state index contributed by atoms with van der Waals surface area (Å²) in [7, 11) is 0. The van der Waals surface area contributed by atoms with E-state index < -0.39 is 5.41 Å². The zero-order valence-electron chi connectivity index (χ0n) is 16.7. The second-order valence-corrected chi connectivity index (χ2v) is 8.64. The van der Waals surface area contributed by atoms with Crippen molar-refractivity contribution in [1.29, 1.82) is 0 Å². The van der Waals surface area contributed by atoms with Crippen molar-refractivity contribution in [2.45, 2.75) is 38.2 Å². The average Bonchev–Trinajstić information content (AvgIpc) is 3.36. The van der Waals surface area contributed by atoms with Crippen LogP contribution < -0.4 is 9.47 Å². The minimum absolute atomic E-state index is 0.00505. The summed E-state index contributed by atoms with van der Waals surface area (Å²) >= 11 is 0. The molecule has 7 heteroatoms. The first-order valence-corrected chi connectivity index (χ1v) is 10.8. The molecule has 3 saturated heterocycles. The Hall–Kier alpha value is -2.28. The van der Waals surface area contributed by atoms with Gasteiger partial charge < -0.3 is 19.1 Å². The maximum absolute atomic E-state index is 13.1. The Morgan fingerprint density at radius 3 is 2.62 bits per heavy atom. The molecule has 1 aromatic carbocycles. The van der Waals surface area contributed by atoms with Crippen LogP contribution in [0.5, 0.6) is 11.5 Å². The number of fused-ring (bicyclic) bond motifs is 1. The molecule has 0 radical (unpaired) electrons. The topological polar surface area (TPSA) is 68.3 Å². The van der Waals surface area contributed by atoms with Crippen LogP contribution in [0.3, 0.4) is 0 Å². The maximum Gasteiger partial charge on any atom is 0.312 e. The van der Waals surface area contributed by atoms with E-state index >= 15 is 0 Å². The maximum atomic E-state index is 13.1. The van der Waals surface area contributed by atoms with Gasteiger partial charge in [0.1, 0.15) is 19.3 Å². The summed E-state index contributed by atoms with van der Waals surface area (Å²) in [6, 6.07) is 5.44. The lowest BCUT2D eigenvalue weighted by molar-refractivity contribution is -0.150. The highest BCUT2D eigenvalue weighted by Crippen LogP contribution is 2.44. The first-order chi connectivity index (χ1) is 14.1. The van der Waals surface area contributed by atoms with Crippen molar-refractivity contribution in [3.05, 3.63) is 23.8 Å². The molecule has 3 fully saturated rings. The number of hydrogen-bond acceptors (Lipinski definition) is 6. The second kappa shape index (κ2) is 7.52. The average molecular weight is 400 g/mol. The number of esters is 1. The highest BCUT2D eigenvalue weighted by molar-refractivity contribution is 5.98. The largest absolute Gasteiger partial charge is 0.486 e. The molecule has 0 bridgehead atoms. The lowest BCUT2D eigenvalue weighted by Gasteiger charge is -2.37. The number of cyclic esters (lactones) is 1. The van der Waals surface area contributed by atoms with Gasteiger partial charge in [-0.2, -0.15) is 0 Å². The van der Waals surface area contributed by atoms with Gasteiger partial charge in [-0.15, -0.1) is 0 Å². The predicted molar refractivity (Wildman–Crippen MR) is 105 cm³/mol. The molecule has 1 unspecified atom stereocenters. The molecular formula is C22H28N2O5. The number of nitrogens with zero attached hydrogens (tertiary/aromatic N) is 2. The molecule has 156 valence electrons. The van der Waals surface area contributed by atoms with Crippen LogP contribution in [0.1, 0.15) is 42.5 Å². The minimum Gasteiger partial charge on any atom is -0.486 e. The molecule has 1 spiro atoms. The fraction of sp³-hybridized carbons (Fsp3) is 0.636. The van der Waals surface area contributed by atoms with Crippen LogP contribution in [0, 0.1) is 5.41 Å². The smallest absolute Gasteiger partial charge is 0.312 e. The molecule has 4 aliphatic heterocycles. The van der Waals surface area contributed by atoms with Crippen LogP contribution in [0.15, 0.2) is 18.2 Å². The number of carbonyl (C=O) groups excluding carboxylic acids is 2. The lowest BCUT2D eigenvalue weighted by Crippen LogP contribution is -2.45. The Morgan fingerprint density at radius 2 is 1.83 bits per heavy atom. The number of carbonyl (C=O) groups is 2. The standard InChI is InChI=1S/C22H28N2O5/c25-20(17-4-3-5-18-19(17)28-13-12-27-18)24-10-6-22(7-11-24)14-16(29-21(22)26)15-23-8-1-2-9-23/h3-5,16H,1-2,6-15H2. The van der Waals surface area contributed by atoms with Crippen LogP contribution in [0.4, 0.5) is 0 Å². The summed E-state index contributed by atoms with van der Waals surface area (Å²) in [5.74, 6) is 1.04. The van der Waals surface area contributed by atoms with Gasteiger partial charge in [-0.05, 0) is 50.9 Å². The number of rotatable bonds is 3. The molecule has 0 aromatic heterocycles.